The summed E-state index contributed by atoms with van der Waals surface area (Å²) in [7, 11) is 1.68. The van der Waals surface area contributed by atoms with Gasteiger partial charge in [0.05, 0.1) is 13.4 Å². The predicted octanol–water partition coefficient (Wildman–Crippen LogP) is 3.47. The molecule has 0 amide bonds. The second-order valence-corrected chi connectivity index (χ2v) is 4.62. The van der Waals surface area contributed by atoms with Crippen molar-refractivity contribution < 1.29 is 4.74 Å². The Hall–Kier alpha value is -2.55. The maximum Gasteiger partial charge on any atom is 0.118 e. The summed E-state index contributed by atoms with van der Waals surface area (Å²) in [5, 5.41) is 0. The minimum atomic E-state index is 0.886. The van der Waals surface area contributed by atoms with E-state index >= 15 is 0 Å². The van der Waals surface area contributed by atoms with E-state index in [0.717, 1.165) is 12.2 Å². The van der Waals surface area contributed by atoms with E-state index in [4.69, 9.17) is 4.74 Å². The zero-order valence-corrected chi connectivity index (χ0v) is 11.4. The Balaban J connectivity index is 1.90. The van der Waals surface area contributed by atoms with E-state index in [-0.39, 0.29) is 0 Å². The topological polar surface area (TPSA) is 27.1 Å². The minimum Gasteiger partial charge on any atom is -0.497 e. The van der Waals surface area contributed by atoms with E-state index in [2.05, 4.69) is 35.3 Å². The molecule has 0 aliphatic rings. The Morgan fingerprint density at radius 2 is 1.85 bits per heavy atom. The van der Waals surface area contributed by atoms with Gasteiger partial charge in [-0.1, -0.05) is 30.3 Å². The molecule has 0 saturated carbocycles. The molecule has 0 radical (unpaired) electrons. The highest BCUT2D eigenvalue weighted by Gasteiger charge is 2.04. The quantitative estimate of drug-likeness (QED) is 0.721. The van der Waals surface area contributed by atoms with Crippen LogP contribution in [0.3, 0.4) is 0 Å². The number of ether oxygens (including phenoxy) is 1. The summed E-state index contributed by atoms with van der Waals surface area (Å²) >= 11 is 0. The Morgan fingerprint density at radius 3 is 2.55 bits per heavy atom. The van der Waals surface area contributed by atoms with Gasteiger partial charge in [0.1, 0.15) is 5.75 Å². The third-order valence-electron chi connectivity index (χ3n) is 3.33. The van der Waals surface area contributed by atoms with Gasteiger partial charge in [-0.2, -0.15) is 0 Å². The van der Waals surface area contributed by atoms with Gasteiger partial charge in [-0.05, 0) is 35.7 Å². The van der Waals surface area contributed by atoms with Crippen molar-refractivity contribution in [2.24, 2.45) is 0 Å². The van der Waals surface area contributed by atoms with Gasteiger partial charge < -0.3 is 9.30 Å². The zero-order valence-electron chi connectivity index (χ0n) is 11.4. The Labute approximate surface area is 118 Å². The molecule has 0 saturated heterocycles. The Bertz CT molecular complexity index is 672. The third-order valence-corrected chi connectivity index (χ3v) is 3.33. The van der Waals surface area contributed by atoms with Crippen molar-refractivity contribution in [2.75, 3.05) is 7.11 Å². The Morgan fingerprint density at radius 1 is 1.05 bits per heavy atom. The third kappa shape index (κ3) is 2.57. The zero-order chi connectivity index (χ0) is 13.8. The second-order valence-electron chi connectivity index (χ2n) is 4.62. The fourth-order valence-electron chi connectivity index (χ4n) is 2.28. The minimum absolute atomic E-state index is 0.886. The molecular formula is C17H16N2O. The van der Waals surface area contributed by atoms with Gasteiger partial charge in [0.15, 0.2) is 0 Å². The maximum atomic E-state index is 5.19. The van der Waals surface area contributed by atoms with E-state index in [1.54, 1.807) is 13.3 Å². The fourth-order valence-corrected chi connectivity index (χ4v) is 2.28. The van der Waals surface area contributed by atoms with Crippen LogP contribution in [-0.4, -0.2) is 16.7 Å². The van der Waals surface area contributed by atoms with Gasteiger partial charge in [-0.25, -0.2) is 4.98 Å². The molecule has 3 nitrogen and oxygen atoms in total. The van der Waals surface area contributed by atoms with Crippen LogP contribution in [0, 0.1) is 0 Å². The highest BCUT2D eigenvalue weighted by atomic mass is 16.5. The number of para-hydroxylation sites is 1. The number of aromatic nitrogens is 2. The SMILES string of the molecule is COc1ccc(Cc2ccccc2-n2ccnc2)cc1. The molecule has 20 heavy (non-hydrogen) atoms. The predicted molar refractivity (Wildman–Crippen MR) is 79.4 cm³/mol. The standard InChI is InChI=1S/C17H16N2O/c1-20-16-8-6-14(7-9-16)12-15-4-2-3-5-17(15)19-11-10-18-13-19/h2-11,13H,12H2,1H3. The first-order chi connectivity index (χ1) is 9.86. The molecular weight excluding hydrogens is 248 g/mol. The number of hydrogen-bond acceptors (Lipinski definition) is 2. The van der Waals surface area contributed by atoms with Gasteiger partial charge in [0, 0.05) is 18.1 Å². The molecule has 3 heteroatoms. The lowest BCUT2D eigenvalue weighted by Gasteiger charge is -2.10. The van der Waals surface area contributed by atoms with Gasteiger partial charge in [-0.15, -0.1) is 0 Å². The van der Waals surface area contributed by atoms with Gasteiger partial charge in [0.2, 0.25) is 0 Å². The molecule has 3 rings (SSSR count). The van der Waals surface area contributed by atoms with Gasteiger partial charge in [-0.3, -0.25) is 0 Å². The van der Waals surface area contributed by atoms with E-state index in [1.165, 1.54) is 16.8 Å². The van der Waals surface area contributed by atoms with Gasteiger partial charge in [0.25, 0.3) is 0 Å². The van der Waals surface area contributed by atoms with Crippen molar-refractivity contribution in [3.05, 3.63) is 78.4 Å². The summed E-state index contributed by atoms with van der Waals surface area (Å²) in [6.45, 7) is 0. The lowest BCUT2D eigenvalue weighted by molar-refractivity contribution is 0.414. The molecule has 100 valence electrons. The fraction of sp³-hybridized carbons (Fsp3) is 0.118. The van der Waals surface area contributed by atoms with Crippen LogP contribution in [0.25, 0.3) is 5.69 Å². The normalized spacial score (nSPS) is 10.4. The molecule has 3 aromatic rings. The number of nitrogens with zero attached hydrogens (tertiary/aromatic N) is 2. The molecule has 0 aliphatic heterocycles. The van der Waals surface area contributed by atoms with Crippen molar-refractivity contribution in [1.29, 1.82) is 0 Å². The largest absolute Gasteiger partial charge is 0.497 e. The smallest absolute Gasteiger partial charge is 0.118 e. The second kappa shape index (κ2) is 5.61. The number of benzene rings is 2. The lowest BCUT2D eigenvalue weighted by atomic mass is 10.0. The van der Waals surface area contributed by atoms with E-state index < -0.39 is 0 Å². The molecule has 0 aliphatic carbocycles. The van der Waals surface area contributed by atoms with Crippen molar-refractivity contribution in [3.8, 4) is 11.4 Å². The van der Waals surface area contributed by atoms with E-state index in [1.807, 2.05) is 35.3 Å². The van der Waals surface area contributed by atoms with Crippen LogP contribution in [0.15, 0.2) is 67.3 Å². The highest BCUT2D eigenvalue weighted by Crippen LogP contribution is 2.19. The monoisotopic (exact) mass is 264 g/mol. The molecule has 0 N–H and O–H groups in total. The molecule has 0 atom stereocenters. The van der Waals surface area contributed by atoms with Crippen LogP contribution in [0.4, 0.5) is 0 Å². The van der Waals surface area contributed by atoms with Crippen molar-refractivity contribution in [3.63, 3.8) is 0 Å². The lowest BCUT2D eigenvalue weighted by Crippen LogP contribution is -1.98. The van der Waals surface area contributed by atoms with Crippen LogP contribution in [0.1, 0.15) is 11.1 Å². The first kappa shape index (κ1) is 12.5. The summed E-state index contributed by atoms with van der Waals surface area (Å²) in [5.41, 5.74) is 3.70. The van der Waals surface area contributed by atoms with Gasteiger partial charge >= 0.3 is 0 Å². The summed E-state index contributed by atoms with van der Waals surface area (Å²) in [6.07, 6.45) is 6.47. The van der Waals surface area contributed by atoms with Crippen LogP contribution < -0.4 is 4.74 Å². The van der Waals surface area contributed by atoms with E-state index in [9.17, 15) is 0 Å². The van der Waals surface area contributed by atoms with Crippen molar-refractivity contribution in [1.82, 2.24) is 9.55 Å². The summed E-state index contributed by atoms with van der Waals surface area (Å²) in [5.74, 6) is 0.886. The molecule has 0 spiro atoms. The summed E-state index contributed by atoms with van der Waals surface area (Å²) in [4.78, 5) is 4.12. The molecule has 1 aromatic heterocycles. The molecule has 0 unspecified atom stereocenters. The number of imidazole rings is 1. The molecule has 1 heterocycles. The van der Waals surface area contributed by atoms with Crippen LogP contribution in [0.2, 0.25) is 0 Å². The molecule has 0 fully saturated rings. The van der Waals surface area contributed by atoms with Crippen LogP contribution in [-0.2, 0) is 6.42 Å². The summed E-state index contributed by atoms with van der Waals surface area (Å²) < 4.78 is 7.23. The van der Waals surface area contributed by atoms with Crippen LogP contribution in [0.5, 0.6) is 5.75 Å². The number of methoxy groups -OCH3 is 1. The average molecular weight is 264 g/mol. The highest BCUT2D eigenvalue weighted by molar-refractivity contribution is 5.44. The first-order valence-corrected chi connectivity index (χ1v) is 6.56. The Kier molecular flexibility index (Phi) is 3.50. The van der Waals surface area contributed by atoms with Crippen molar-refractivity contribution >= 4 is 0 Å². The molecule has 2 aromatic carbocycles. The maximum absolute atomic E-state index is 5.19. The first-order valence-electron chi connectivity index (χ1n) is 6.56. The summed E-state index contributed by atoms with van der Waals surface area (Å²) in [6, 6.07) is 16.6. The number of hydrogen-bond donors (Lipinski definition) is 0. The molecule has 0 bridgehead atoms. The average Bonchev–Trinajstić information content (AvgIpc) is 3.03. The van der Waals surface area contributed by atoms with Crippen LogP contribution >= 0.6 is 0 Å². The van der Waals surface area contributed by atoms with Crippen molar-refractivity contribution in [2.45, 2.75) is 6.42 Å². The van der Waals surface area contributed by atoms with E-state index in [0.29, 0.717) is 0 Å². The number of rotatable bonds is 4.